The van der Waals surface area contributed by atoms with Gasteiger partial charge in [0.25, 0.3) is 0 Å². The van der Waals surface area contributed by atoms with E-state index in [1.807, 2.05) is 53.7 Å². The van der Waals surface area contributed by atoms with Gasteiger partial charge < -0.3 is 20.5 Å². The fourth-order valence-corrected chi connectivity index (χ4v) is 4.59. The zero-order valence-corrected chi connectivity index (χ0v) is 22.6. The number of phenols is 1. The summed E-state index contributed by atoms with van der Waals surface area (Å²) >= 11 is 1.17. The second-order valence-corrected chi connectivity index (χ2v) is 11.9. The number of methoxy groups -OCH3 is 1. The zero-order valence-electron chi connectivity index (χ0n) is 21.8. The lowest BCUT2D eigenvalue weighted by Crippen LogP contribution is -2.28. The maximum Gasteiger partial charge on any atom is 0.240 e. The predicted octanol–water partition coefficient (Wildman–Crippen LogP) is 4.95. The van der Waals surface area contributed by atoms with Crippen LogP contribution in [-0.2, 0) is 20.4 Å². The minimum Gasteiger partial charge on any atom is -0.507 e. The minimum absolute atomic E-state index is 0.00705. The van der Waals surface area contributed by atoms with Crippen molar-refractivity contribution in [2.24, 2.45) is 10.2 Å². The summed E-state index contributed by atoms with van der Waals surface area (Å²) in [5.74, 6) is 0.434. The van der Waals surface area contributed by atoms with Crippen molar-refractivity contribution < 1.29 is 19.4 Å². The average molecular weight is 511 g/mol. The van der Waals surface area contributed by atoms with Crippen LogP contribution in [0.5, 0.6) is 11.5 Å². The molecule has 1 heterocycles. The molecule has 0 unspecified atom stereocenters. The van der Waals surface area contributed by atoms with Crippen LogP contribution in [0.2, 0.25) is 0 Å². The lowest BCUT2D eigenvalue weighted by Gasteiger charge is -2.27. The summed E-state index contributed by atoms with van der Waals surface area (Å²) in [7, 11) is 1.57. The van der Waals surface area contributed by atoms with Gasteiger partial charge in [-0.2, -0.15) is 5.10 Å². The lowest BCUT2D eigenvalue weighted by atomic mass is 9.78. The summed E-state index contributed by atoms with van der Waals surface area (Å²) in [6.07, 6.45) is 1.61. The van der Waals surface area contributed by atoms with Crippen molar-refractivity contribution in [1.29, 1.82) is 0 Å². The third kappa shape index (κ3) is 6.87. The van der Waals surface area contributed by atoms with Crippen LogP contribution in [0.25, 0.3) is 0 Å². The van der Waals surface area contributed by atoms with Crippen molar-refractivity contribution in [3.8, 4) is 11.5 Å². The molecule has 1 aliphatic rings. The molecule has 3 rings (SSSR count). The molecular formula is C27H34N4O4S. The van der Waals surface area contributed by atoms with Gasteiger partial charge in [-0.05, 0) is 52.8 Å². The van der Waals surface area contributed by atoms with Crippen LogP contribution in [0.1, 0.15) is 64.7 Å². The lowest BCUT2D eigenvalue weighted by molar-refractivity contribution is -0.122. The Morgan fingerprint density at radius 1 is 1.11 bits per heavy atom. The van der Waals surface area contributed by atoms with Gasteiger partial charge in [0.2, 0.25) is 11.8 Å². The molecular weight excluding hydrogens is 476 g/mol. The Balaban J connectivity index is 1.69. The van der Waals surface area contributed by atoms with Crippen molar-refractivity contribution in [3.05, 3.63) is 53.1 Å². The van der Waals surface area contributed by atoms with Gasteiger partial charge >= 0.3 is 0 Å². The molecule has 0 radical (unpaired) electrons. The van der Waals surface area contributed by atoms with E-state index in [4.69, 9.17) is 4.74 Å². The fraction of sp³-hybridized carbons (Fsp3) is 0.407. The number of thioether (sulfide) groups is 1. The van der Waals surface area contributed by atoms with E-state index < -0.39 is 5.25 Å². The maximum atomic E-state index is 12.4. The molecule has 2 amide bonds. The fourth-order valence-electron chi connectivity index (χ4n) is 3.66. The standard InChI is InChI=1S/C27H34N4O4S/c1-26(2,3)19-12-16(13-20(23(19)33)27(4,5)6)15-28-31-25-30-24(34)21(36-25)14-22(32)29-17-8-10-18(35-7)11-9-17/h8-13,15,21,33H,14H2,1-7H3,(H,29,32)(H,30,31,34)/b28-15-/t21-/m0/s1. The summed E-state index contributed by atoms with van der Waals surface area (Å²) < 4.78 is 5.11. The van der Waals surface area contributed by atoms with E-state index in [1.54, 1.807) is 37.6 Å². The molecule has 0 saturated carbocycles. The first-order chi connectivity index (χ1) is 16.8. The molecule has 1 aliphatic heterocycles. The maximum absolute atomic E-state index is 12.4. The Kier molecular flexibility index (Phi) is 8.13. The van der Waals surface area contributed by atoms with Crippen LogP contribution in [0.15, 0.2) is 46.6 Å². The highest BCUT2D eigenvalue weighted by Gasteiger charge is 2.32. The van der Waals surface area contributed by atoms with Crippen LogP contribution in [-0.4, -0.2) is 40.7 Å². The van der Waals surface area contributed by atoms with Gasteiger partial charge in [-0.3, -0.25) is 9.59 Å². The van der Waals surface area contributed by atoms with E-state index in [2.05, 4.69) is 20.8 Å². The van der Waals surface area contributed by atoms with Gasteiger partial charge in [0.05, 0.1) is 13.3 Å². The molecule has 1 fully saturated rings. The molecule has 9 heteroatoms. The third-order valence-corrected chi connectivity index (χ3v) is 6.70. The van der Waals surface area contributed by atoms with Gasteiger partial charge in [0.1, 0.15) is 16.7 Å². The molecule has 0 spiro atoms. The first kappa shape index (κ1) is 27.3. The molecule has 1 saturated heterocycles. The second-order valence-electron chi connectivity index (χ2n) is 10.7. The average Bonchev–Trinajstić information content (AvgIpc) is 3.12. The van der Waals surface area contributed by atoms with Crippen LogP contribution in [0.3, 0.4) is 0 Å². The van der Waals surface area contributed by atoms with Gasteiger partial charge in [-0.1, -0.05) is 53.3 Å². The third-order valence-electron chi connectivity index (χ3n) is 5.62. The molecule has 0 aromatic heterocycles. The highest BCUT2D eigenvalue weighted by molar-refractivity contribution is 8.15. The number of aromatic hydroxyl groups is 1. The number of amides is 2. The van der Waals surface area contributed by atoms with Gasteiger partial charge in [0, 0.05) is 23.2 Å². The van der Waals surface area contributed by atoms with E-state index in [9.17, 15) is 14.7 Å². The predicted molar refractivity (Wildman–Crippen MR) is 146 cm³/mol. The first-order valence-corrected chi connectivity index (χ1v) is 12.6. The van der Waals surface area contributed by atoms with Crippen molar-refractivity contribution in [3.63, 3.8) is 0 Å². The number of hydrogen-bond donors (Lipinski definition) is 3. The largest absolute Gasteiger partial charge is 0.507 e. The number of carbonyl (C=O) groups is 2. The number of nitrogens with one attached hydrogen (secondary N) is 2. The van der Waals surface area contributed by atoms with Crippen molar-refractivity contribution >= 4 is 40.6 Å². The highest BCUT2D eigenvalue weighted by atomic mass is 32.2. The summed E-state index contributed by atoms with van der Waals surface area (Å²) in [6, 6.07) is 10.8. The van der Waals surface area contributed by atoms with Crippen LogP contribution in [0.4, 0.5) is 5.69 Å². The SMILES string of the molecule is COc1ccc(NC(=O)C[C@@H]2S/C(=N\N=C/c3cc(C(C)(C)C)c(O)c(C(C)(C)C)c3)NC2=O)cc1. The molecule has 0 bridgehead atoms. The van der Waals surface area contributed by atoms with Crippen LogP contribution < -0.4 is 15.4 Å². The molecule has 36 heavy (non-hydrogen) atoms. The topological polar surface area (TPSA) is 112 Å². The van der Waals surface area contributed by atoms with E-state index in [-0.39, 0.29) is 29.1 Å². The Morgan fingerprint density at radius 3 is 2.22 bits per heavy atom. The quantitative estimate of drug-likeness (QED) is 0.376. The van der Waals surface area contributed by atoms with E-state index in [1.165, 1.54) is 11.8 Å². The Labute approximate surface area is 216 Å². The Hall–Kier alpha value is -3.33. The van der Waals surface area contributed by atoms with Crippen molar-refractivity contribution in [1.82, 2.24) is 5.32 Å². The molecule has 0 aliphatic carbocycles. The van der Waals surface area contributed by atoms with Gasteiger partial charge in [-0.15, -0.1) is 5.10 Å². The Bertz CT molecular complexity index is 1160. The van der Waals surface area contributed by atoms with Crippen molar-refractivity contribution in [2.45, 2.75) is 64.0 Å². The van der Waals surface area contributed by atoms with Crippen LogP contribution >= 0.6 is 11.8 Å². The number of ether oxygens (including phenoxy) is 1. The van der Waals surface area contributed by atoms with Gasteiger partial charge in [0.15, 0.2) is 5.17 Å². The molecule has 2 aromatic rings. The number of benzene rings is 2. The Morgan fingerprint density at radius 2 is 1.69 bits per heavy atom. The normalized spacial score (nSPS) is 17.5. The van der Waals surface area contributed by atoms with E-state index in [0.717, 1.165) is 16.7 Å². The molecule has 1 atom stereocenters. The summed E-state index contributed by atoms with van der Waals surface area (Å²) in [5.41, 5.74) is 2.58. The monoisotopic (exact) mass is 510 g/mol. The number of hydrogen-bond acceptors (Lipinski definition) is 7. The summed E-state index contributed by atoms with van der Waals surface area (Å²) in [6.45, 7) is 12.3. The number of nitrogens with zero attached hydrogens (tertiary/aromatic N) is 2. The number of phenolic OH excluding ortho intramolecular Hbond substituents is 1. The van der Waals surface area contributed by atoms with E-state index >= 15 is 0 Å². The number of carbonyl (C=O) groups excluding carboxylic acids is 2. The molecule has 192 valence electrons. The van der Waals surface area contributed by atoms with Crippen molar-refractivity contribution in [2.75, 3.05) is 12.4 Å². The number of amidine groups is 1. The van der Waals surface area contributed by atoms with Crippen LogP contribution in [0, 0.1) is 0 Å². The molecule has 2 aromatic carbocycles. The smallest absolute Gasteiger partial charge is 0.240 e. The number of rotatable bonds is 6. The number of anilines is 1. The zero-order chi connectivity index (χ0) is 26.7. The summed E-state index contributed by atoms with van der Waals surface area (Å²) in [4.78, 5) is 24.7. The molecule has 3 N–H and O–H groups in total. The highest BCUT2D eigenvalue weighted by Crippen LogP contribution is 2.39. The second kappa shape index (κ2) is 10.7. The van der Waals surface area contributed by atoms with Gasteiger partial charge in [-0.25, -0.2) is 0 Å². The molecule has 8 nitrogen and oxygen atoms in total. The first-order valence-electron chi connectivity index (χ1n) is 11.7. The minimum atomic E-state index is -0.592. The summed E-state index contributed by atoms with van der Waals surface area (Å²) in [5, 5.41) is 24.4. The van der Waals surface area contributed by atoms with E-state index in [0.29, 0.717) is 22.4 Å².